The summed E-state index contributed by atoms with van der Waals surface area (Å²) in [5.74, 6) is -0.338. The summed E-state index contributed by atoms with van der Waals surface area (Å²) in [5, 5.41) is -3.63. The smallest absolute Gasteiger partial charge is 0.343 e. The fourth-order valence-electron chi connectivity index (χ4n) is 1.09. The molecule has 0 aromatic heterocycles. The Labute approximate surface area is 108 Å². The predicted molar refractivity (Wildman–Crippen MR) is 64.1 cm³/mol. The standard InChI is InChI=1S/C11H20F2O4S/c1-10(2,3)9(14)17-8-6-4-5-7-11(12,13)18(15)16/h18H,4-8H2,1-3H3. The van der Waals surface area contributed by atoms with Crippen LogP contribution in [0.2, 0.25) is 0 Å². The van der Waals surface area contributed by atoms with Crippen LogP contribution < -0.4 is 0 Å². The number of thiol groups is 1. The van der Waals surface area contributed by atoms with Crippen molar-refractivity contribution in [1.82, 2.24) is 0 Å². The van der Waals surface area contributed by atoms with Crippen molar-refractivity contribution in [3.05, 3.63) is 0 Å². The summed E-state index contributed by atoms with van der Waals surface area (Å²) in [6.07, 6.45) is 0.256. The molecule has 0 aromatic carbocycles. The Kier molecular flexibility index (Phi) is 6.73. The lowest BCUT2D eigenvalue weighted by molar-refractivity contribution is -0.153. The second-order valence-corrected chi connectivity index (χ2v) is 6.29. The molecule has 0 rings (SSSR count). The first-order chi connectivity index (χ1) is 8.07. The van der Waals surface area contributed by atoms with Gasteiger partial charge < -0.3 is 4.74 Å². The molecule has 7 heteroatoms. The first-order valence-corrected chi connectivity index (χ1v) is 6.94. The maximum absolute atomic E-state index is 12.7. The number of hydrogen-bond acceptors (Lipinski definition) is 4. The summed E-state index contributed by atoms with van der Waals surface area (Å²) in [6.45, 7) is 5.34. The molecule has 0 saturated heterocycles. The number of unbranched alkanes of at least 4 members (excludes halogenated alkanes) is 2. The summed E-state index contributed by atoms with van der Waals surface area (Å²) in [5.41, 5.74) is -0.575. The van der Waals surface area contributed by atoms with Gasteiger partial charge in [-0.25, -0.2) is 8.42 Å². The van der Waals surface area contributed by atoms with Crippen molar-refractivity contribution in [1.29, 1.82) is 0 Å². The minimum atomic E-state index is -3.71. The third kappa shape index (κ3) is 6.88. The highest BCUT2D eigenvalue weighted by molar-refractivity contribution is 7.73. The van der Waals surface area contributed by atoms with Crippen molar-refractivity contribution in [3.63, 3.8) is 0 Å². The van der Waals surface area contributed by atoms with Gasteiger partial charge in [-0.15, -0.1) is 0 Å². The number of carbonyl (C=O) groups is 1. The molecule has 0 heterocycles. The molecule has 0 amide bonds. The van der Waals surface area contributed by atoms with E-state index in [0.29, 0.717) is 12.8 Å². The first-order valence-electron chi connectivity index (χ1n) is 5.77. The SMILES string of the molecule is CC(C)(C)C(=O)OCCCCCC(F)(F)[SH](=O)=O. The Morgan fingerprint density at radius 3 is 2.11 bits per heavy atom. The summed E-state index contributed by atoms with van der Waals surface area (Å²) < 4.78 is 50.6. The number of rotatable bonds is 7. The lowest BCUT2D eigenvalue weighted by Gasteiger charge is -2.16. The molecule has 0 saturated carbocycles. The molecule has 4 nitrogen and oxygen atoms in total. The van der Waals surface area contributed by atoms with E-state index < -0.39 is 27.8 Å². The Morgan fingerprint density at radius 2 is 1.67 bits per heavy atom. The predicted octanol–water partition coefficient (Wildman–Crippen LogP) is 2.34. The minimum absolute atomic E-state index is 0.0867. The number of halogens is 2. The van der Waals surface area contributed by atoms with E-state index in [0.717, 1.165) is 0 Å². The zero-order valence-corrected chi connectivity index (χ0v) is 11.8. The third-order valence-electron chi connectivity index (χ3n) is 2.23. The van der Waals surface area contributed by atoms with Gasteiger partial charge in [0, 0.05) is 6.42 Å². The van der Waals surface area contributed by atoms with Gasteiger partial charge in [0.1, 0.15) is 0 Å². The molecule has 0 atom stereocenters. The van der Waals surface area contributed by atoms with Crippen LogP contribution in [0.1, 0.15) is 46.5 Å². The third-order valence-corrected chi connectivity index (χ3v) is 2.99. The van der Waals surface area contributed by atoms with Gasteiger partial charge in [-0.05, 0) is 40.0 Å². The summed E-state index contributed by atoms with van der Waals surface area (Å²) in [7, 11) is -3.71. The van der Waals surface area contributed by atoms with Crippen molar-refractivity contribution >= 4 is 16.7 Å². The monoisotopic (exact) mass is 286 g/mol. The van der Waals surface area contributed by atoms with Crippen LogP contribution in [0, 0.1) is 5.41 Å². The van der Waals surface area contributed by atoms with Gasteiger partial charge in [0.25, 0.3) is 0 Å². The van der Waals surface area contributed by atoms with E-state index in [9.17, 15) is 22.0 Å². The van der Waals surface area contributed by atoms with E-state index in [1.165, 1.54) is 0 Å². The molecule has 0 bridgehead atoms. The van der Waals surface area contributed by atoms with Gasteiger partial charge >= 0.3 is 11.2 Å². The quantitative estimate of drug-likeness (QED) is 0.443. The summed E-state index contributed by atoms with van der Waals surface area (Å²) in [4.78, 5) is 11.3. The van der Waals surface area contributed by atoms with Crippen LogP contribution in [0.5, 0.6) is 0 Å². The minimum Gasteiger partial charge on any atom is -0.465 e. The molecule has 18 heavy (non-hydrogen) atoms. The molecule has 0 radical (unpaired) electrons. The Morgan fingerprint density at radius 1 is 1.11 bits per heavy atom. The van der Waals surface area contributed by atoms with Gasteiger partial charge in [0.2, 0.25) is 10.7 Å². The van der Waals surface area contributed by atoms with Crippen molar-refractivity contribution in [3.8, 4) is 0 Å². The van der Waals surface area contributed by atoms with Gasteiger partial charge in [0.05, 0.1) is 12.0 Å². The average Bonchev–Trinajstić information content (AvgIpc) is 2.21. The molecule has 0 aromatic rings. The molecular formula is C11H20F2O4S. The number of ether oxygens (including phenoxy) is 1. The fraction of sp³-hybridized carbons (Fsp3) is 0.909. The zero-order valence-electron chi connectivity index (χ0n) is 10.9. The molecular weight excluding hydrogens is 266 g/mol. The summed E-state index contributed by atoms with van der Waals surface area (Å²) >= 11 is 0. The molecule has 0 aliphatic carbocycles. The number of carbonyl (C=O) groups excluding carboxylic acids is 1. The molecule has 0 aliphatic rings. The van der Waals surface area contributed by atoms with Gasteiger partial charge in [-0.1, -0.05) is 0 Å². The zero-order chi connectivity index (χ0) is 14.4. The maximum Gasteiger partial charge on any atom is 0.343 e. The topological polar surface area (TPSA) is 60.4 Å². The van der Waals surface area contributed by atoms with Crippen LogP contribution in [-0.4, -0.2) is 26.2 Å². The van der Waals surface area contributed by atoms with Crippen molar-refractivity contribution < 1.29 is 26.7 Å². The molecule has 0 unspecified atom stereocenters. The van der Waals surface area contributed by atoms with Crippen LogP contribution in [-0.2, 0) is 20.2 Å². The lowest BCUT2D eigenvalue weighted by atomic mass is 9.97. The highest BCUT2D eigenvalue weighted by Gasteiger charge is 2.31. The molecule has 0 spiro atoms. The maximum atomic E-state index is 12.7. The van der Waals surface area contributed by atoms with E-state index >= 15 is 0 Å². The Hall–Kier alpha value is -0.720. The second kappa shape index (κ2) is 7.01. The number of esters is 1. The molecule has 0 aliphatic heterocycles. The molecule has 0 fully saturated rings. The average molecular weight is 286 g/mol. The van der Waals surface area contributed by atoms with Crippen LogP contribution >= 0.6 is 0 Å². The fourth-order valence-corrected chi connectivity index (χ4v) is 1.43. The van der Waals surface area contributed by atoms with Crippen LogP contribution in [0.25, 0.3) is 0 Å². The van der Waals surface area contributed by atoms with E-state index in [4.69, 9.17) is 4.74 Å². The highest BCUT2D eigenvalue weighted by atomic mass is 32.2. The van der Waals surface area contributed by atoms with Crippen LogP contribution in [0.3, 0.4) is 0 Å². The van der Waals surface area contributed by atoms with E-state index in [1.54, 1.807) is 20.8 Å². The normalized spacial score (nSPS) is 12.8. The highest BCUT2D eigenvalue weighted by Crippen LogP contribution is 2.22. The molecule has 108 valence electrons. The van der Waals surface area contributed by atoms with Crippen molar-refractivity contribution in [2.24, 2.45) is 5.41 Å². The van der Waals surface area contributed by atoms with E-state index in [2.05, 4.69) is 0 Å². The Bertz CT molecular complexity index is 337. The largest absolute Gasteiger partial charge is 0.465 e. The van der Waals surface area contributed by atoms with Gasteiger partial charge in [-0.2, -0.15) is 8.78 Å². The first kappa shape index (κ1) is 17.3. The lowest BCUT2D eigenvalue weighted by Crippen LogP contribution is -2.23. The van der Waals surface area contributed by atoms with Crippen LogP contribution in [0.4, 0.5) is 8.78 Å². The second-order valence-electron chi connectivity index (χ2n) is 5.12. The van der Waals surface area contributed by atoms with Gasteiger partial charge in [-0.3, -0.25) is 4.79 Å². The Balaban J connectivity index is 3.68. The van der Waals surface area contributed by atoms with Crippen molar-refractivity contribution in [2.45, 2.75) is 51.7 Å². The van der Waals surface area contributed by atoms with E-state index in [-0.39, 0.29) is 19.0 Å². The van der Waals surface area contributed by atoms with Gasteiger partial charge in [0.15, 0.2) is 0 Å². The number of hydrogen-bond donors (Lipinski definition) is 1. The number of alkyl halides is 2. The van der Waals surface area contributed by atoms with Crippen LogP contribution in [0.15, 0.2) is 0 Å². The van der Waals surface area contributed by atoms with E-state index in [1.807, 2.05) is 0 Å². The van der Waals surface area contributed by atoms with Crippen molar-refractivity contribution in [2.75, 3.05) is 6.61 Å². The summed E-state index contributed by atoms with van der Waals surface area (Å²) in [6, 6.07) is 0. The molecule has 0 N–H and O–H groups in total.